The Morgan fingerprint density at radius 1 is 1.45 bits per heavy atom. The smallest absolute Gasteiger partial charge is 0.230 e. The van der Waals surface area contributed by atoms with Crippen LogP contribution in [0, 0.1) is 22.7 Å². The Labute approximate surface area is 120 Å². The van der Waals surface area contributed by atoms with E-state index in [1.165, 1.54) is 0 Å². The van der Waals surface area contributed by atoms with Crippen molar-refractivity contribution in [2.24, 2.45) is 11.3 Å². The number of hydrogen-bond acceptors (Lipinski definition) is 3. The Hall–Kier alpha value is -1.86. The molecule has 106 valence electrons. The maximum Gasteiger partial charge on any atom is 0.230 e. The van der Waals surface area contributed by atoms with Gasteiger partial charge >= 0.3 is 0 Å². The Morgan fingerprint density at radius 2 is 2.20 bits per heavy atom. The van der Waals surface area contributed by atoms with Crippen LogP contribution in [-0.2, 0) is 4.79 Å². The molecule has 1 fully saturated rings. The second kappa shape index (κ2) is 6.06. The zero-order valence-corrected chi connectivity index (χ0v) is 12.1. The van der Waals surface area contributed by atoms with E-state index in [9.17, 15) is 4.79 Å². The number of rotatable bonds is 3. The number of carbonyl (C=O) groups is 1. The SMILES string of the molecule is CC(C)(C(=O)Nc1ccccc1C#N)C1CCCNC1. The third kappa shape index (κ3) is 3.00. The minimum Gasteiger partial charge on any atom is -0.324 e. The van der Waals surface area contributed by atoms with Gasteiger partial charge in [-0.25, -0.2) is 0 Å². The molecule has 1 unspecified atom stereocenters. The summed E-state index contributed by atoms with van der Waals surface area (Å²) in [5.74, 6) is 0.305. The van der Waals surface area contributed by atoms with Gasteiger partial charge in [-0.1, -0.05) is 26.0 Å². The van der Waals surface area contributed by atoms with Crippen molar-refractivity contribution in [3.63, 3.8) is 0 Å². The van der Waals surface area contributed by atoms with Gasteiger partial charge in [0, 0.05) is 5.41 Å². The van der Waals surface area contributed by atoms with Gasteiger partial charge in [0.1, 0.15) is 6.07 Å². The summed E-state index contributed by atoms with van der Waals surface area (Å²) in [4.78, 5) is 12.6. The Kier molecular flexibility index (Phi) is 4.41. The number of hydrogen-bond donors (Lipinski definition) is 2. The van der Waals surface area contributed by atoms with Gasteiger partial charge < -0.3 is 10.6 Å². The summed E-state index contributed by atoms with van der Waals surface area (Å²) >= 11 is 0. The molecule has 0 radical (unpaired) electrons. The maximum atomic E-state index is 12.6. The number of carbonyl (C=O) groups excluding carboxylic acids is 1. The molecule has 0 bridgehead atoms. The molecule has 4 heteroatoms. The zero-order valence-electron chi connectivity index (χ0n) is 12.1. The number of benzene rings is 1. The van der Waals surface area contributed by atoms with Crippen molar-refractivity contribution in [2.45, 2.75) is 26.7 Å². The van der Waals surface area contributed by atoms with Gasteiger partial charge in [-0.3, -0.25) is 4.79 Å². The highest BCUT2D eigenvalue weighted by Gasteiger charge is 2.37. The number of amides is 1. The number of anilines is 1. The molecular weight excluding hydrogens is 250 g/mol. The van der Waals surface area contributed by atoms with Crippen molar-refractivity contribution in [3.8, 4) is 6.07 Å². The molecule has 0 aromatic heterocycles. The van der Waals surface area contributed by atoms with E-state index in [0.29, 0.717) is 17.2 Å². The largest absolute Gasteiger partial charge is 0.324 e. The van der Waals surface area contributed by atoms with Crippen molar-refractivity contribution >= 4 is 11.6 Å². The van der Waals surface area contributed by atoms with Gasteiger partial charge in [-0.2, -0.15) is 5.26 Å². The lowest BCUT2D eigenvalue weighted by Gasteiger charge is -2.36. The lowest BCUT2D eigenvalue weighted by molar-refractivity contribution is -0.127. The van der Waals surface area contributed by atoms with E-state index in [0.717, 1.165) is 25.9 Å². The zero-order chi connectivity index (χ0) is 14.6. The first-order valence-electron chi connectivity index (χ1n) is 7.07. The van der Waals surface area contributed by atoms with Crippen LogP contribution in [0.15, 0.2) is 24.3 Å². The van der Waals surface area contributed by atoms with E-state index in [-0.39, 0.29) is 5.91 Å². The van der Waals surface area contributed by atoms with Crippen molar-refractivity contribution < 1.29 is 4.79 Å². The van der Waals surface area contributed by atoms with Gasteiger partial charge in [0.25, 0.3) is 0 Å². The standard InChI is InChI=1S/C16H21N3O/c1-16(2,13-7-5-9-18-11-13)15(20)19-14-8-4-3-6-12(14)10-17/h3-4,6,8,13,18H,5,7,9,11H2,1-2H3,(H,19,20). The van der Waals surface area contributed by atoms with Crippen molar-refractivity contribution in [1.82, 2.24) is 5.32 Å². The molecular formula is C16H21N3O. The molecule has 20 heavy (non-hydrogen) atoms. The van der Waals surface area contributed by atoms with Crippen LogP contribution >= 0.6 is 0 Å². The lowest BCUT2D eigenvalue weighted by atomic mass is 9.74. The molecule has 1 aliphatic rings. The van der Waals surface area contributed by atoms with E-state index in [4.69, 9.17) is 5.26 Å². The van der Waals surface area contributed by atoms with Crippen LogP contribution in [0.2, 0.25) is 0 Å². The molecule has 0 aliphatic carbocycles. The van der Waals surface area contributed by atoms with Gasteiger partial charge in [-0.15, -0.1) is 0 Å². The quantitative estimate of drug-likeness (QED) is 0.888. The molecule has 1 heterocycles. The molecule has 1 aromatic rings. The van der Waals surface area contributed by atoms with Crippen LogP contribution < -0.4 is 10.6 Å². The first-order chi connectivity index (χ1) is 9.55. The molecule has 1 amide bonds. The van der Waals surface area contributed by atoms with Crippen molar-refractivity contribution in [3.05, 3.63) is 29.8 Å². The maximum absolute atomic E-state index is 12.6. The summed E-state index contributed by atoms with van der Waals surface area (Å²) in [5, 5.41) is 15.3. The summed E-state index contributed by atoms with van der Waals surface area (Å²) in [6.45, 7) is 5.87. The highest BCUT2D eigenvalue weighted by atomic mass is 16.2. The number of piperidine rings is 1. The van der Waals surface area contributed by atoms with E-state index < -0.39 is 5.41 Å². The minimum atomic E-state index is -0.448. The van der Waals surface area contributed by atoms with Gasteiger partial charge in [-0.05, 0) is 44.0 Å². The summed E-state index contributed by atoms with van der Waals surface area (Å²) in [6.07, 6.45) is 2.17. The Balaban J connectivity index is 2.12. The molecule has 2 N–H and O–H groups in total. The summed E-state index contributed by atoms with van der Waals surface area (Å²) in [7, 11) is 0. The number of nitrogens with one attached hydrogen (secondary N) is 2. The van der Waals surface area contributed by atoms with Crippen molar-refractivity contribution in [1.29, 1.82) is 5.26 Å². The number of para-hydroxylation sites is 1. The first kappa shape index (κ1) is 14.5. The number of nitriles is 1. The van der Waals surface area contributed by atoms with E-state index >= 15 is 0 Å². The minimum absolute atomic E-state index is 0.0195. The molecule has 1 aliphatic heterocycles. The fourth-order valence-corrected chi connectivity index (χ4v) is 2.63. The summed E-state index contributed by atoms with van der Waals surface area (Å²) in [6, 6.07) is 9.21. The molecule has 4 nitrogen and oxygen atoms in total. The monoisotopic (exact) mass is 271 g/mol. The molecule has 2 rings (SSSR count). The highest BCUT2D eigenvalue weighted by molar-refractivity contribution is 5.96. The molecule has 0 saturated carbocycles. The highest BCUT2D eigenvalue weighted by Crippen LogP contribution is 2.33. The van der Waals surface area contributed by atoms with Crippen LogP contribution in [0.25, 0.3) is 0 Å². The molecule has 1 atom stereocenters. The predicted octanol–water partition coefficient (Wildman–Crippen LogP) is 2.52. The second-order valence-corrected chi connectivity index (χ2v) is 5.88. The van der Waals surface area contributed by atoms with Crippen LogP contribution in [0.3, 0.4) is 0 Å². The fourth-order valence-electron chi connectivity index (χ4n) is 2.63. The average Bonchev–Trinajstić information content (AvgIpc) is 2.48. The Morgan fingerprint density at radius 3 is 2.85 bits per heavy atom. The molecule has 1 saturated heterocycles. The first-order valence-corrected chi connectivity index (χ1v) is 7.07. The second-order valence-electron chi connectivity index (χ2n) is 5.88. The lowest BCUT2D eigenvalue weighted by Crippen LogP contribution is -2.44. The summed E-state index contributed by atoms with van der Waals surface area (Å²) in [5.41, 5.74) is 0.644. The van der Waals surface area contributed by atoms with Crippen LogP contribution in [-0.4, -0.2) is 19.0 Å². The number of nitrogens with zero attached hydrogens (tertiary/aromatic N) is 1. The van der Waals surface area contributed by atoms with E-state index in [2.05, 4.69) is 16.7 Å². The van der Waals surface area contributed by atoms with Crippen LogP contribution in [0.5, 0.6) is 0 Å². The average molecular weight is 271 g/mol. The molecule has 1 aromatic carbocycles. The fraction of sp³-hybridized carbons (Fsp3) is 0.500. The third-order valence-electron chi connectivity index (χ3n) is 4.20. The van der Waals surface area contributed by atoms with Gasteiger partial charge in [0.15, 0.2) is 0 Å². The van der Waals surface area contributed by atoms with Crippen molar-refractivity contribution in [2.75, 3.05) is 18.4 Å². The van der Waals surface area contributed by atoms with E-state index in [1.54, 1.807) is 18.2 Å². The van der Waals surface area contributed by atoms with Crippen LogP contribution in [0.4, 0.5) is 5.69 Å². The van der Waals surface area contributed by atoms with Gasteiger partial charge in [0.05, 0.1) is 11.3 Å². The predicted molar refractivity (Wildman–Crippen MR) is 79.2 cm³/mol. The normalized spacial score (nSPS) is 19.1. The van der Waals surface area contributed by atoms with Gasteiger partial charge in [0.2, 0.25) is 5.91 Å². The summed E-state index contributed by atoms with van der Waals surface area (Å²) < 4.78 is 0. The topological polar surface area (TPSA) is 64.9 Å². The Bertz CT molecular complexity index is 525. The van der Waals surface area contributed by atoms with E-state index in [1.807, 2.05) is 19.9 Å². The molecule has 0 spiro atoms. The van der Waals surface area contributed by atoms with Crippen LogP contribution in [0.1, 0.15) is 32.3 Å². The third-order valence-corrected chi connectivity index (χ3v) is 4.20.